The fraction of sp³-hybridized carbons (Fsp3) is 0.474. The van der Waals surface area contributed by atoms with Crippen molar-refractivity contribution in [3.05, 3.63) is 46.1 Å². The SMILES string of the molecule is COc1ccccc1N1CCN(C(C)c2[nH]c(=O)[nH]c2C(=O)N(C)C)CC1. The number of ether oxygens (including phenoxy) is 1. The fourth-order valence-electron chi connectivity index (χ4n) is 3.53. The molecule has 1 amide bonds. The molecule has 146 valence electrons. The average Bonchev–Trinajstić information content (AvgIpc) is 3.08. The molecule has 27 heavy (non-hydrogen) atoms. The summed E-state index contributed by atoms with van der Waals surface area (Å²) in [6.07, 6.45) is 0. The third-order valence-corrected chi connectivity index (χ3v) is 5.08. The van der Waals surface area contributed by atoms with E-state index in [1.165, 1.54) is 4.90 Å². The number of methoxy groups -OCH3 is 1. The first-order valence-electron chi connectivity index (χ1n) is 9.08. The lowest BCUT2D eigenvalue weighted by atomic mass is 10.1. The number of nitrogens with zero attached hydrogens (tertiary/aromatic N) is 3. The van der Waals surface area contributed by atoms with E-state index in [0.29, 0.717) is 11.4 Å². The minimum Gasteiger partial charge on any atom is -0.495 e. The highest BCUT2D eigenvalue weighted by atomic mass is 16.5. The number of nitrogens with one attached hydrogen (secondary N) is 2. The van der Waals surface area contributed by atoms with Crippen LogP contribution in [-0.2, 0) is 0 Å². The van der Waals surface area contributed by atoms with Crippen LogP contribution in [0.1, 0.15) is 29.1 Å². The molecule has 0 saturated carbocycles. The predicted molar refractivity (Wildman–Crippen MR) is 105 cm³/mol. The van der Waals surface area contributed by atoms with Gasteiger partial charge >= 0.3 is 5.69 Å². The number of benzene rings is 1. The smallest absolute Gasteiger partial charge is 0.323 e. The molecule has 1 unspecified atom stereocenters. The molecule has 1 aromatic heterocycles. The Labute approximate surface area is 158 Å². The Bertz CT molecular complexity index is 849. The highest BCUT2D eigenvalue weighted by Crippen LogP contribution is 2.30. The Morgan fingerprint density at radius 2 is 1.81 bits per heavy atom. The Balaban J connectivity index is 1.73. The number of aromatic amines is 2. The largest absolute Gasteiger partial charge is 0.495 e. The van der Waals surface area contributed by atoms with Crippen LogP contribution < -0.4 is 15.3 Å². The third kappa shape index (κ3) is 3.85. The topological polar surface area (TPSA) is 84.7 Å². The molecule has 2 aromatic rings. The highest BCUT2D eigenvalue weighted by molar-refractivity contribution is 5.93. The molecule has 1 aliphatic rings. The van der Waals surface area contributed by atoms with E-state index in [1.54, 1.807) is 21.2 Å². The molecule has 1 aliphatic heterocycles. The van der Waals surface area contributed by atoms with Gasteiger partial charge in [0.05, 0.1) is 18.5 Å². The summed E-state index contributed by atoms with van der Waals surface area (Å²) >= 11 is 0. The van der Waals surface area contributed by atoms with Crippen molar-refractivity contribution in [3.63, 3.8) is 0 Å². The zero-order valence-electron chi connectivity index (χ0n) is 16.3. The van der Waals surface area contributed by atoms with Gasteiger partial charge in [-0.15, -0.1) is 0 Å². The van der Waals surface area contributed by atoms with Crippen LogP contribution in [0.5, 0.6) is 5.75 Å². The van der Waals surface area contributed by atoms with Gasteiger partial charge in [0, 0.05) is 46.3 Å². The first-order valence-corrected chi connectivity index (χ1v) is 9.08. The van der Waals surface area contributed by atoms with Crippen molar-refractivity contribution in [3.8, 4) is 5.75 Å². The van der Waals surface area contributed by atoms with Crippen molar-refractivity contribution in [2.75, 3.05) is 52.3 Å². The van der Waals surface area contributed by atoms with E-state index in [-0.39, 0.29) is 17.6 Å². The number of para-hydroxylation sites is 2. The molecule has 1 saturated heterocycles. The summed E-state index contributed by atoms with van der Waals surface area (Å²) in [7, 11) is 5.03. The van der Waals surface area contributed by atoms with Gasteiger partial charge in [-0.3, -0.25) is 9.69 Å². The molecule has 0 radical (unpaired) electrons. The summed E-state index contributed by atoms with van der Waals surface area (Å²) < 4.78 is 5.47. The lowest BCUT2D eigenvalue weighted by Gasteiger charge is -2.39. The second-order valence-corrected chi connectivity index (χ2v) is 6.94. The number of imidazole rings is 1. The number of piperazine rings is 1. The molecule has 8 nitrogen and oxygen atoms in total. The van der Waals surface area contributed by atoms with Gasteiger partial charge in [0.15, 0.2) is 0 Å². The van der Waals surface area contributed by atoms with Crippen LogP contribution in [0.3, 0.4) is 0 Å². The highest BCUT2D eigenvalue weighted by Gasteiger charge is 2.28. The number of amides is 1. The summed E-state index contributed by atoms with van der Waals surface area (Å²) in [5.41, 5.74) is 1.72. The van der Waals surface area contributed by atoms with Crippen molar-refractivity contribution in [1.82, 2.24) is 19.8 Å². The van der Waals surface area contributed by atoms with Crippen LogP contribution in [0.2, 0.25) is 0 Å². The van der Waals surface area contributed by atoms with E-state index >= 15 is 0 Å². The lowest BCUT2D eigenvalue weighted by molar-refractivity contribution is 0.0817. The molecule has 2 N–H and O–H groups in total. The Morgan fingerprint density at radius 3 is 2.44 bits per heavy atom. The number of aromatic nitrogens is 2. The van der Waals surface area contributed by atoms with E-state index in [9.17, 15) is 9.59 Å². The fourth-order valence-corrected chi connectivity index (χ4v) is 3.53. The number of carbonyl (C=O) groups is 1. The predicted octanol–water partition coefficient (Wildman–Crippen LogP) is 1.30. The van der Waals surface area contributed by atoms with E-state index in [1.807, 2.05) is 25.1 Å². The van der Waals surface area contributed by atoms with Crippen LogP contribution in [0.4, 0.5) is 5.69 Å². The van der Waals surface area contributed by atoms with Gasteiger partial charge in [-0.25, -0.2) is 4.79 Å². The Kier molecular flexibility index (Phi) is 5.55. The maximum atomic E-state index is 12.4. The monoisotopic (exact) mass is 373 g/mol. The molecule has 1 fully saturated rings. The summed E-state index contributed by atoms with van der Waals surface area (Å²) in [5, 5.41) is 0. The first-order chi connectivity index (χ1) is 12.9. The zero-order valence-corrected chi connectivity index (χ0v) is 16.3. The van der Waals surface area contributed by atoms with Gasteiger partial charge in [-0.1, -0.05) is 12.1 Å². The molecular weight excluding hydrogens is 346 g/mol. The number of carbonyl (C=O) groups excluding carboxylic acids is 1. The van der Waals surface area contributed by atoms with Crippen LogP contribution in [0.25, 0.3) is 0 Å². The second kappa shape index (κ2) is 7.87. The molecule has 8 heteroatoms. The molecule has 0 aliphatic carbocycles. The standard InChI is InChI=1S/C19H27N5O3/c1-13(16-17(18(25)22(2)3)21-19(26)20-16)23-9-11-24(12-10-23)14-7-5-6-8-15(14)27-4/h5-8,13H,9-12H2,1-4H3,(H2,20,21,26). The zero-order chi connectivity index (χ0) is 19.6. The van der Waals surface area contributed by atoms with Crippen molar-refractivity contribution in [1.29, 1.82) is 0 Å². The lowest BCUT2D eigenvalue weighted by Crippen LogP contribution is -2.47. The third-order valence-electron chi connectivity index (χ3n) is 5.08. The number of hydrogen-bond acceptors (Lipinski definition) is 5. The van der Waals surface area contributed by atoms with E-state index in [0.717, 1.165) is 37.6 Å². The van der Waals surface area contributed by atoms with Crippen LogP contribution in [0, 0.1) is 0 Å². The molecule has 1 aromatic carbocycles. The van der Waals surface area contributed by atoms with Gasteiger partial charge < -0.3 is 24.5 Å². The minimum atomic E-state index is -0.352. The average molecular weight is 373 g/mol. The number of anilines is 1. The second-order valence-electron chi connectivity index (χ2n) is 6.94. The first kappa shape index (κ1) is 19.0. The van der Waals surface area contributed by atoms with Gasteiger partial charge in [0.25, 0.3) is 5.91 Å². The summed E-state index contributed by atoms with van der Waals surface area (Å²) in [6, 6.07) is 7.94. The maximum Gasteiger partial charge on any atom is 0.323 e. The molecule has 0 spiro atoms. The number of rotatable bonds is 5. The molecule has 2 heterocycles. The van der Waals surface area contributed by atoms with Crippen LogP contribution in [-0.4, -0.2) is 73.1 Å². The number of hydrogen-bond donors (Lipinski definition) is 2. The van der Waals surface area contributed by atoms with Crippen molar-refractivity contribution in [2.45, 2.75) is 13.0 Å². The van der Waals surface area contributed by atoms with Crippen molar-refractivity contribution >= 4 is 11.6 Å². The summed E-state index contributed by atoms with van der Waals surface area (Å²) in [6.45, 7) is 5.35. The van der Waals surface area contributed by atoms with Crippen molar-refractivity contribution in [2.24, 2.45) is 0 Å². The quantitative estimate of drug-likeness (QED) is 0.825. The van der Waals surface area contributed by atoms with Gasteiger partial charge in [0.2, 0.25) is 0 Å². The van der Waals surface area contributed by atoms with Crippen molar-refractivity contribution < 1.29 is 9.53 Å². The van der Waals surface area contributed by atoms with Gasteiger partial charge in [0.1, 0.15) is 11.4 Å². The Hall–Kier alpha value is -2.74. The minimum absolute atomic E-state index is 0.0670. The van der Waals surface area contributed by atoms with E-state index in [2.05, 4.69) is 25.8 Å². The molecule has 0 bridgehead atoms. The molecule has 1 atom stereocenters. The summed E-state index contributed by atoms with van der Waals surface area (Å²) in [5.74, 6) is 0.663. The maximum absolute atomic E-state index is 12.4. The van der Waals surface area contributed by atoms with Gasteiger partial charge in [-0.05, 0) is 19.1 Å². The van der Waals surface area contributed by atoms with E-state index in [4.69, 9.17) is 4.74 Å². The van der Waals surface area contributed by atoms with Crippen LogP contribution in [0.15, 0.2) is 29.1 Å². The Morgan fingerprint density at radius 1 is 1.15 bits per heavy atom. The van der Waals surface area contributed by atoms with Crippen LogP contribution >= 0.6 is 0 Å². The normalized spacial score (nSPS) is 16.2. The van der Waals surface area contributed by atoms with E-state index < -0.39 is 0 Å². The molecule has 3 rings (SSSR count). The van der Waals surface area contributed by atoms with Gasteiger partial charge in [-0.2, -0.15) is 0 Å². The number of H-pyrrole nitrogens is 2. The molecular formula is C19H27N5O3. The summed E-state index contributed by atoms with van der Waals surface area (Å²) in [4.78, 5) is 35.7.